The maximum Gasteiger partial charge on any atom is 0.272 e. The normalized spacial score (nSPS) is 25.5. The van der Waals surface area contributed by atoms with Crippen molar-refractivity contribution in [1.29, 1.82) is 0 Å². The summed E-state index contributed by atoms with van der Waals surface area (Å²) in [6, 6.07) is 3.86. The zero-order chi connectivity index (χ0) is 16.4. The van der Waals surface area contributed by atoms with Gasteiger partial charge in [0.2, 0.25) is 0 Å². The summed E-state index contributed by atoms with van der Waals surface area (Å²) in [7, 11) is 0. The number of carbonyl (C=O) groups excluding carboxylic acids is 1. The topological polar surface area (TPSA) is 36.4 Å². The molecule has 0 saturated carbocycles. The van der Waals surface area contributed by atoms with Crippen LogP contribution in [0.1, 0.15) is 42.7 Å². The quantitative estimate of drug-likeness (QED) is 0.860. The molecule has 0 N–H and O–H groups in total. The second-order valence-electron chi connectivity index (χ2n) is 7.67. The predicted molar refractivity (Wildman–Crippen MR) is 92.4 cm³/mol. The summed E-state index contributed by atoms with van der Waals surface area (Å²) >= 11 is 0. The Morgan fingerprint density at radius 3 is 2.48 bits per heavy atom. The Labute approximate surface area is 139 Å². The van der Waals surface area contributed by atoms with Gasteiger partial charge in [-0.15, -0.1) is 0 Å². The van der Waals surface area contributed by atoms with Crippen LogP contribution in [0, 0.1) is 24.7 Å². The minimum absolute atomic E-state index is 0.121. The molecule has 2 aliphatic rings. The van der Waals surface area contributed by atoms with Gasteiger partial charge in [0.25, 0.3) is 5.91 Å². The van der Waals surface area contributed by atoms with Crippen LogP contribution in [0.25, 0.3) is 0 Å². The SMILES string of the molecule is Cc1cccnc1C(=O)N1C[C@H]2CCN(CC(C)C)CC[C@H]2C1. The van der Waals surface area contributed by atoms with Gasteiger partial charge in [-0.2, -0.15) is 0 Å². The molecule has 1 aromatic rings. The Bertz CT molecular complexity index is 541. The Balaban J connectivity index is 1.62. The largest absolute Gasteiger partial charge is 0.337 e. The first-order valence-corrected chi connectivity index (χ1v) is 8.98. The van der Waals surface area contributed by atoms with Gasteiger partial charge in [-0.05, 0) is 62.2 Å². The molecule has 0 radical (unpaired) electrons. The predicted octanol–water partition coefficient (Wildman–Crippen LogP) is 2.83. The monoisotopic (exact) mass is 315 g/mol. The summed E-state index contributed by atoms with van der Waals surface area (Å²) in [5.41, 5.74) is 1.61. The van der Waals surface area contributed by atoms with Gasteiger partial charge in [-0.1, -0.05) is 19.9 Å². The van der Waals surface area contributed by atoms with Crippen molar-refractivity contribution in [2.45, 2.75) is 33.6 Å². The fraction of sp³-hybridized carbons (Fsp3) is 0.684. The molecule has 0 aromatic carbocycles. The minimum atomic E-state index is 0.121. The molecule has 126 valence electrons. The number of hydrogen-bond donors (Lipinski definition) is 0. The number of hydrogen-bond acceptors (Lipinski definition) is 3. The average Bonchev–Trinajstić information content (AvgIpc) is 2.84. The van der Waals surface area contributed by atoms with Crippen LogP contribution in [-0.4, -0.2) is 53.4 Å². The van der Waals surface area contributed by atoms with E-state index in [9.17, 15) is 4.79 Å². The van der Waals surface area contributed by atoms with Crippen molar-refractivity contribution in [3.05, 3.63) is 29.6 Å². The highest BCUT2D eigenvalue weighted by atomic mass is 16.2. The highest BCUT2D eigenvalue weighted by Crippen LogP contribution is 2.32. The fourth-order valence-corrected chi connectivity index (χ4v) is 4.13. The van der Waals surface area contributed by atoms with Crippen molar-refractivity contribution in [3.63, 3.8) is 0 Å². The van der Waals surface area contributed by atoms with Crippen molar-refractivity contribution in [2.75, 3.05) is 32.7 Å². The molecule has 3 rings (SSSR count). The molecule has 1 amide bonds. The van der Waals surface area contributed by atoms with Crippen molar-refractivity contribution in [3.8, 4) is 0 Å². The number of likely N-dealkylation sites (tertiary alicyclic amines) is 2. The van der Waals surface area contributed by atoms with Crippen molar-refractivity contribution >= 4 is 5.91 Å². The number of aromatic nitrogens is 1. The highest BCUT2D eigenvalue weighted by molar-refractivity contribution is 5.93. The summed E-state index contributed by atoms with van der Waals surface area (Å²) in [4.78, 5) is 21.7. The summed E-state index contributed by atoms with van der Waals surface area (Å²) < 4.78 is 0. The third-order valence-electron chi connectivity index (χ3n) is 5.33. The van der Waals surface area contributed by atoms with E-state index in [1.54, 1.807) is 6.20 Å². The molecule has 0 bridgehead atoms. The second kappa shape index (κ2) is 7.00. The summed E-state index contributed by atoms with van der Waals surface area (Å²) in [6.45, 7) is 12.0. The van der Waals surface area contributed by atoms with Crippen LogP contribution in [-0.2, 0) is 0 Å². The van der Waals surface area contributed by atoms with Crippen molar-refractivity contribution < 1.29 is 4.79 Å². The van der Waals surface area contributed by atoms with Crippen molar-refractivity contribution in [1.82, 2.24) is 14.8 Å². The molecule has 0 spiro atoms. The van der Waals surface area contributed by atoms with E-state index < -0.39 is 0 Å². The van der Waals surface area contributed by atoms with Crippen LogP contribution in [0.2, 0.25) is 0 Å². The van der Waals surface area contributed by atoms with E-state index in [1.165, 1.54) is 32.5 Å². The Morgan fingerprint density at radius 1 is 1.26 bits per heavy atom. The lowest BCUT2D eigenvalue weighted by molar-refractivity contribution is 0.0773. The maximum absolute atomic E-state index is 12.8. The van der Waals surface area contributed by atoms with Gasteiger partial charge >= 0.3 is 0 Å². The van der Waals surface area contributed by atoms with Crippen molar-refractivity contribution in [2.24, 2.45) is 17.8 Å². The maximum atomic E-state index is 12.8. The molecular weight excluding hydrogens is 286 g/mol. The van der Waals surface area contributed by atoms with E-state index in [4.69, 9.17) is 0 Å². The van der Waals surface area contributed by atoms with Gasteiger partial charge in [-0.25, -0.2) is 0 Å². The van der Waals surface area contributed by atoms with Gasteiger partial charge in [0.15, 0.2) is 0 Å². The molecule has 2 saturated heterocycles. The minimum Gasteiger partial charge on any atom is -0.337 e. The molecule has 1 aromatic heterocycles. The van der Waals surface area contributed by atoms with Crippen LogP contribution in [0.5, 0.6) is 0 Å². The summed E-state index contributed by atoms with van der Waals surface area (Å²) in [5, 5.41) is 0. The van der Waals surface area contributed by atoms with Crippen LogP contribution in [0.3, 0.4) is 0 Å². The molecule has 4 heteroatoms. The summed E-state index contributed by atoms with van der Waals surface area (Å²) in [6.07, 6.45) is 4.17. The molecule has 3 heterocycles. The number of nitrogens with zero attached hydrogens (tertiary/aromatic N) is 3. The number of carbonyl (C=O) groups is 1. The van der Waals surface area contributed by atoms with Gasteiger partial charge in [0, 0.05) is 25.8 Å². The number of pyridine rings is 1. The molecule has 2 fully saturated rings. The number of rotatable bonds is 3. The number of fused-ring (bicyclic) bond motifs is 1. The lowest BCUT2D eigenvalue weighted by Gasteiger charge is -2.23. The van der Waals surface area contributed by atoms with Gasteiger partial charge in [0.05, 0.1) is 0 Å². The Hall–Kier alpha value is -1.42. The lowest BCUT2D eigenvalue weighted by atomic mass is 9.92. The number of aryl methyl sites for hydroxylation is 1. The molecule has 2 aliphatic heterocycles. The van der Waals surface area contributed by atoms with E-state index in [-0.39, 0.29) is 5.91 Å². The molecule has 0 aliphatic carbocycles. The van der Waals surface area contributed by atoms with E-state index in [1.807, 2.05) is 24.0 Å². The smallest absolute Gasteiger partial charge is 0.272 e. The first kappa shape index (κ1) is 16.4. The van der Waals surface area contributed by atoms with Crippen LogP contribution < -0.4 is 0 Å². The molecule has 2 atom stereocenters. The third kappa shape index (κ3) is 3.74. The average molecular weight is 315 g/mol. The first-order chi connectivity index (χ1) is 11.0. The lowest BCUT2D eigenvalue weighted by Crippen LogP contribution is -2.33. The molecule has 4 nitrogen and oxygen atoms in total. The Morgan fingerprint density at radius 2 is 1.91 bits per heavy atom. The standard InChI is InChI=1S/C19H29N3O/c1-14(2)11-21-9-6-16-12-22(13-17(16)7-10-21)19(23)18-15(3)5-4-8-20-18/h4-5,8,14,16-17H,6-7,9-13H2,1-3H3/t16-,17+. The van der Waals surface area contributed by atoms with E-state index in [0.717, 1.165) is 24.6 Å². The van der Waals surface area contributed by atoms with Crippen LogP contribution in [0.15, 0.2) is 18.3 Å². The zero-order valence-electron chi connectivity index (χ0n) is 14.7. The van der Waals surface area contributed by atoms with Gasteiger partial charge < -0.3 is 9.80 Å². The van der Waals surface area contributed by atoms with Gasteiger partial charge in [-0.3, -0.25) is 9.78 Å². The molecule has 23 heavy (non-hydrogen) atoms. The van der Waals surface area contributed by atoms with Gasteiger partial charge in [0.1, 0.15) is 5.69 Å². The third-order valence-corrected chi connectivity index (χ3v) is 5.33. The Kier molecular flexibility index (Phi) is 5.00. The van der Waals surface area contributed by atoms with E-state index in [2.05, 4.69) is 23.7 Å². The van der Waals surface area contributed by atoms with E-state index >= 15 is 0 Å². The van der Waals surface area contributed by atoms with Crippen LogP contribution >= 0.6 is 0 Å². The summed E-state index contributed by atoms with van der Waals surface area (Å²) in [5.74, 6) is 2.19. The zero-order valence-corrected chi connectivity index (χ0v) is 14.7. The van der Waals surface area contributed by atoms with E-state index in [0.29, 0.717) is 17.5 Å². The molecule has 0 unspecified atom stereocenters. The highest BCUT2D eigenvalue weighted by Gasteiger charge is 2.37. The fourth-order valence-electron chi connectivity index (χ4n) is 4.13. The first-order valence-electron chi connectivity index (χ1n) is 8.98. The molecular formula is C19H29N3O. The number of amides is 1. The van der Waals surface area contributed by atoms with Crippen LogP contribution in [0.4, 0.5) is 0 Å². The second-order valence-corrected chi connectivity index (χ2v) is 7.67.